The maximum atomic E-state index is 13.4. The summed E-state index contributed by atoms with van der Waals surface area (Å²) in [7, 11) is 0.995. The lowest BCUT2D eigenvalue weighted by Crippen LogP contribution is -2.38. The predicted octanol–water partition coefficient (Wildman–Crippen LogP) is 2.33. The number of methoxy groups -OCH3 is 1. The predicted molar refractivity (Wildman–Crippen MR) is 55.2 cm³/mol. The van der Waals surface area contributed by atoms with Crippen LogP contribution in [0.15, 0.2) is 18.2 Å². The number of hydrogen-bond acceptors (Lipinski definition) is 3. The van der Waals surface area contributed by atoms with Crippen LogP contribution in [0, 0.1) is 11.6 Å². The fraction of sp³-hybridized carbons (Fsp3) is 0.364. The van der Waals surface area contributed by atoms with Gasteiger partial charge < -0.3 is 4.74 Å². The molecule has 19 heavy (non-hydrogen) atoms. The van der Waals surface area contributed by atoms with E-state index in [2.05, 4.69) is 4.74 Å². The normalized spacial score (nSPS) is 13.2. The first-order valence-corrected chi connectivity index (χ1v) is 5.08. The highest BCUT2D eigenvalue weighted by molar-refractivity contribution is 5.71. The number of benzene rings is 1. The fourth-order valence-corrected chi connectivity index (χ4v) is 1.40. The van der Waals surface area contributed by atoms with Crippen LogP contribution in [0.25, 0.3) is 0 Å². The molecule has 0 bridgehead atoms. The van der Waals surface area contributed by atoms with E-state index in [9.17, 15) is 26.7 Å². The molecule has 0 spiro atoms. The number of carbonyl (C=O) groups excluding carboxylic acids is 1. The largest absolute Gasteiger partial charge is 0.468 e. The Labute approximate surface area is 105 Å². The van der Waals surface area contributed by atoms with Gasteiger partial charge in [-0.05, 0) is 6.07 Å². The molecular weight excluding hydrogens is 273 g/mol. The van der Waals surface area contributed by atoms with Gasteiger partial charge in [0.15, 0.2) is 11.6 Å². The lowest BCUT2D eigenvalue weighted by molar-refractivity contribution is -0.160. The van der Waals surface area contributed by atoms with Crippen molar-refractivity contribution in [2.75, 3.05) is 13.7 Å². The van der Waals surface area contributed by atoms with E-state index in [0.29, 0.717) is 6.07 Å². The summed E-state index contributed by atoms with van der Waals surface area (Å²) in [5.41, 5.74) is -0.920. The SMILES string of the molecule is COC(=O)CN[C@H](c1cccc(F)c1F)C(F)(F)F. The van der Waals surface area contributed by atoms with Crippen LogP contribution in [0.4, 0.5) is 22.0 Å². The molecule has 0 aliphatic carbocycles. The second-order valence-corrected chi connectivity index (χ2v) is 3.57. The molecule has 106 valence electrons. The molecule has 0 aliphatic heterocycles. The van der Waals surface area contributed by atoms with Crippen molar-refractivity contribution in [3.63, 3.8) is 0 Å². The molecule has 0 unspecified atom stereocenters. The average molecular weight is 283 g/mol. The molecule has 0 radical (unpaired) electrons. The Balaban J connectivity index is 3.04. The first kappa shape index (κ1) is 15.4. The molecule has 0 saturated heterocycles. The number of alkyl halides is 3. The minimum absolute atomic E-state index is 0.701. The highest BCUT2D eigenvalue weighted by Gasteiger charge is 2.42. The number of rotatable bonds is 4. The van der Waals surface area contributed by atoms with Gasteiger partial charge in [0, 0.05) is 5.56 Å². The van der Waals surface area contributed by atoms with Gasteiger partial charge in [-0.25, -0.2) is 8.78 Å². The van der Waals surface area contributed by atoms with Crippen LogP contribution >= 0.6 is 0 Å². The van der Waals surface area contributed by atoms with Crippen molar-refractivity contribution in [2.45, 2.75) is 12.2 Å². The molecule has 0 heterocycles. The Bertz CT molecular complexity index is 461. The van der Waals surface area contributed by atoms with E-state index >= 15 is 0 Å². The number of nitrogens with one attached hydrogen (secondary N) is 1. The van der Waals surface area contributed by atoms with E-state index in [1.165, 1.54) is 0 Å². The van der Waals surface area contributed by atoms with E-state index in [1.807, 2.05) is 0 Å². The number of hydrogen-bond donors (Lipinski definition) is 1. The molecule has 0 aromatic heterocycles. The van der Waals surface area contributed by atoms with Gasteiger partial charge in [0.25, 0.3) is 0 Å². The Hall–Kier alpha value is -1.70. The fourth-order valence-electron chi connectivity index (χ4n) is 1.40. The Morgan fingerprint density at radius 3 is 2.53 bits per heavy atom. The third-order valence-corrected chi connectivity index (χ3v) is 2.30. The van der Waals surface area contributed by atoms with Crippen LogP contribution in [-0.4, -0.2) is 25.8 Å². The summed E-state index contributed by atoms with van der Waals surface area (Å²) in [5, 5.41) is 1.79. The monoisotopic (exact) mass is 283 g/mol. The second-order valence-electron chi connectivity index (χ2n) is 3.57. The van der Waals surface area contributed by atoms with Crippen LogP contribution in [-0.2, 0) is 9.53 Å². The zero-order chi connectivity index (χ0) is 14.6. The molecule has 1 aromatic rings. The maximum Gasteiger partial charge on any atom is 0.408 e. The summed E-state index contributed by atoms with van der Waals surface area (Å²) in [6, 6.07) is -0.0537. The summed E-state index contributed by atoms with van der Waals surface area (Å²) in [5.74, 6) is -3.96. The Morgan fingerprint density at radius 2 is 2.00 bits per heavy atom. The van der Waals surface area contributed by atoms with Gasteiger partial charge >= 0.3 is 12.1 Å². The van der Waals surface area contributed by atoms with Gasteiger partial charge in [-0.3, -0.25) is 10.1 Å². The summed E-state index contributed by atoms with van der Waals surface area (Å²) in [6.45, 7) is -0.781. The molecule has 0 saturated carbocycles. The molecule has 3 nitrogen and oxygen atoms in total. The Morgan fingerprint density at radius 1 is 1.37 bits per heavy atom. The van der Waals surface area contributed by atoms with Crippen molar-refractivity contribution in [3.8, 4) is 0 Å². The van der Waals surface area contributed by atoms with E-state index in [0.717, 1.165) is 19.2 Å². The van der Waals surface area contributed by atoms with E-state index in [4.69, 9.17) is 0 Å². The van der Waals surface area contributed by atoms with Crippen molar-refractivity contribution >= 4 is 5.97 Å². The molecule has 0 amide bonds. The van der Waals surface area contributed by atoms with Crippen LogP contribution in [0.2, 0.25) is 0 Å². The first-order valence-electron chi connectivity index (χ1n) is 5.08. The van der Waals surface area contributed by atoms with E-state index < -0.39 is 41.9 Å². The third-order valence-electron chi connectivity index (χ3n) is 2.30. The van der Waals surface area contributed by atoms with Crippen LogP contribution in [0.1, 0.15) is 11.6 Å². The third kappa shape index (κ3) is 3.88. The van der Waals surface area contributed by atoms with E-state index in [1.54, 1.807) is 5.32 Å². The van der Waals surface area contributed by atoms with Crippen LogP contribution in [0.3, 0.4) is 0 Å². The molecule has 1 atom stereocenters. The zero-order valence-electron chi connectivity index (χ0n) is 9.72. The van der Waals surface area contributed by atoms with Gasteiger partial charge in [-0.1, -0.05) is 12.1 Å². The quantitative estimate of drug-likeness (QED) is 0.681. The highest BCUT2D eigenvalue weighted by atomic mass is 19.4. The Kier molecular flexibility index (Phi) is 4.82. The van der Waals surface area contributed by atoms with Crippen molar-refractivity contribution in [2.24, 2.45) is 0 Å². The van der Waals surface area contributed by atoms with Crippen LogP contribution < -0.4 is 5.32 Å². The van der Waals surface area contributed by atoms with Crippen molar-refractivity contribution in [3.05, 3.63) is 35.4 Å². The lowest BCUT2D eigenvalue weighted by Gasteiger charge is -2.22. The van der Waals surface area contributed by atoms with Crippen molar-refractivity contribution < 1.29 is 31.5 Å². The summed E-state index contributed by atoms with van der Waals surface area (Å²) in [6.07, 6.45) is -4.89. The molecule has 0 fully saturated rings. The molecule has 8 heteroatoms. The summed E-state index contributed by atoms with van der Waals surface area (Å²) >= 11 is 0. The molecule has 1 N–H and O–H groups in total. The standard InChI is InChI=1S/C11H10F5NO2/c1-19-8(18)5-17-10(11(14,15)16)6-3-2-4-7(12)9(6)13/h2-4,10,17H,5H2,1H3/t10-/m1/s1. The number of carbonyl (C=O) groups is 1. The van der Waals surface area contributed by atoms with Gasteiger partial charge in [0.1, 0.15) is 6.04 Å². The average Bonchev–Trinajstić information content (AvgIpc) is 2.32. The van der Waals surface area contributed by atoms with Gasteiger partial charge in [-0.2, -0.15) is 13.2 Å². The van der Waals surface area contributed by atoms with Crippen LogP contribution in [0.5, 0.6) is 0 Å². The van der Waals surface area contributed by atoms with Crippen molar-refractivity contribution in [1.82, 2.24) is 5.32 Å². The molecule has 1 rings (SSSR count). The minimum atomic E-state index is -4.89. The summed E-state index contributed by atoms with van der Waals surface area (Å²) in [4.78, 5) is 10.8. The molecular formula is C11H10F5NO2. The van der Waals surface area contributed by atoms with Gasteiger partial charge in [0.2, 0.25) is 0 Å². The zero-order valence-corrected chi connectivity index (χ0v) is 9.72. The number of esters is 1. The van der Waals surface area contributed by atoms with Gasteiger partial charge in [0.05, 0.1) is 13.7 Å². The number of halogens is 5. The molecule has 0 aliphatic rings. The van der Waals surface area contributed by atoms with Crippen molar-refractivity contribution in [1.29, 1.82) is 0 Å². The van der Waals surface area contributed by atoms with E-state index in [-0.39, 0.29) is 0 Å². The minimum Gasteiger partial charge on any atom is -0.468 e. The van der Waals surface area contributed by atoms with Gasteiger partial charge in [-0.15, -0.1) is 0 Å². The maximum absolute atomic E-state index is 13.4. The first-order chi connectivity index (χ1) is 8.77. The number of ether oxygens (including phenoxy) is 1. The molecule has 1 aromatic carbocycles. The summed E-state index contributed by atoms with van der Waals surface area (Å²) < 4.78 is 68.8. The lowest BCUT2D eigenvalue weighted by atomic mass is 10.1. The smallest absolute Gasteiger partial charge is 0.408 e. The second kappa shape index (κ2) is 5.96. The highest BCUT2D eigenvalue weighted by Crippen LogP contribution is 2.34. The topological polar surface area (TPSA) is 38.3 Å².